The highest BCUT2D eigenvalue weighted by Gasteiger charge is 2.49. The van der Waals surface area contributed by atoms with Crippen LogP contribution in [0.3, 0.4) is 0 Å². The van der Waals surface area contributed by atoms with Gasteiger partial charge in [0.1, 0.15) is 5.54 Å². The Labute approximate surface area is 110 Å². The van der Waals surface area contributed by atoms with Crippen LogP contribution in [0.2, 0.25) is 5.02 Å². The van der Waals surface area contributed by atoms with Crippen LogP contribution in [0, 0.1) is 13.8 Å². The van der Waals surface area contributed by atoms with Gasteiger partial charge in [-0.3, -0.25) is 0 Å². The standard InChI is InChI=1S/C13H14ClNO3/c1-7-9(13(4-5-13)15-6-16)11(17)12(18-3)8(2)10(7)14/h17H,4-5H2,1-3H3. The molecule has 1 N–H and O–H groups in total. The number of benzene rings is 1. The van der Waals surface area contributed by atoms with Crippen molar-refractivity contribution in [2.45, 2.75) is 32.2 Å². The predicted molar refractivity (Wildman–Crippen MR) is 68.2 cm³/mol. The van der Waals surface area contributed by atoms with Crippen molar-refractivity contribution in [2.24, 2.45) is 4.99 Å². The van der Waals surface area contributed by atoms with E-state index in [9.17, 15) is 9.90 Å². The van der Waals surface area contributed by atoms with Gasteiger partial charge < -0.3 is 9.84 Å². The average Bonchev–Trinajstić information content (AvgIpc) is 3.08. The number of hydrogen-bond acceptors (Lipinski definition) is 4. The summed E-state index contributed by atoms with van der Waals surface area (Å²) in [4.78, 5) is 14.4. The second-order valence-corrected chi connectivity index (χ2v) is 4.93. The molecule has 1 aromatic rings. The van der Waals surface area contributed by atoms with Crippen LogP contribution in [0.25, 0.3) is 0 Å². The molecule has 0 radical (unpaired) electrons. The second kappa shape index (κ2) is 4.30. The van der Waals surface area contributed by atoms with E-state index in [-0.39, 0.29) is 5.75 Å². The van der Waals surface area contributed by atoms with Crippen molar-refractivity contribution in [3.8, 4) is 11.5 Å². The zero-order chi connectivity index (χ0) is 13.5. The molecule has 1 saturated carbocycles. The lowest BCUT2D eigenvalue weighted by molar-refractivity contribution is 0.365. The molecule has 5 heteroatoms. The zero-order valence-electron chi connectivity index (χ0n) is 10.5. The molecule has 0 unspecified atom stereocenters. The van der Waals surface area contributed by atoms with Crippen molar-refractivity contribution in [3.63, 3.8) is 0 Å². The number of isocyanates is 1. The van der Waals surface area contributed by atoms with Crippen LogP contribution in [0.5, 0.6) is 11.5 Å². The third kappa shape index (κ3) is 1.69. The maximum absolute atomic E-state index is 10.5. The Morgan fingerprint density at radius 1 is 1.39 bits per heavy atom. The fraction of sp³-hybridized carbons (Fsp3) is 0.462. The van der Waals surface area contributed by atoms with Gasteiger partial charge in [0.25, 0.3) is 0 Å². The van der Waals surface area contributed by atoms with Gasteiger partial charge in [0.05, 0.1) is 12.1 Å². The first kappa shape index (κ1) is 12.9. The lowest BCUT2D eigenvalue weighted by atomic mass is 9.95. The lowest BCUT2D eigenvalue weighted by Crippen LogP contribution is -2.08. The molecule has 96 valence electrons. The van der Waals surface area contributed by atoms with Crippen LogP contribution in [-0.2, 0) is 10.3 Å². The summed E-state index contributed by atoms with van der Waals surface area (Å²) in [6, 6.07) is 0. The smallest absolute Gasteiger partial charge is 0.235 e. The number of methoxy groups -OCH3 is 1. The first-order valence-electron chi connectivity index (χ1n) is 5.63. The molecule has 0 spiro atoms. The van der Waals surface area contributed by atoms with Crippen molar-refractivity contribution in [1.29, 1.82) is 0 Å². The number of ether oxygens (including phenoxy) is 1. The summed E-state index contributed by atoms with van der Waals surface area (Å²) in [7, 11) is 1.47. The van der Waals surface area contributed by atoms with E-state index in [1.165, 1.54) is 7.11 Å². The Morgan fingerprint density at radius 3 is 2.44 bits per heavy atom. The Bertz CT molecular complexity index is 558. The number of halogens is 1. The topological polar surface area (TPSA) is 58.9 Å². The fourth-order valence-electron chi connectivity index (χ4n) is 2.40. The van der Waals surface area contributed by atoms with E-state index in [1.807, 2.05) is 6.92 Å². The summed E-state index contributed by atoms with van der Waals surface area (Å²) in [5, 5.41) is 10.8. The van der Waals surface area contributed by atoms with Gasteiger partial charge in [0.2, 0.25) is 6.08 Å². The normalized spacial score (nSPS) is 16.0. The van der Waals surface area contributed by atoms with Crippen molar-refractivity contribution < 1.29 is 14.6 Å². The third-order valence-electron chi connectivity index (χ3n) is 3.48. The van der Waals surface area contributed by atoms with Gasteiger partial charge in [-0.2, -0.15) is 4.99 Å². The average molecular weight is 268 g/mol. The SMILES string of the molecule is COc1c(C)c(Cl)c(C)c(C2(N=C=O)CC2)c1O. The third-order valence-corrected chi connectivity index (χ3v) is 4.05. The molecule has 1 aliphatic rings. The largest absolute Gasteiger partial charge is 0.504 e. The van der Waals surface area contributed by atoms with E-state index in [2.05, 4.69) is 4.99 Å². The van der Waals surface area contributed by atoms with Crippen LogP contribution in [0.4, 0.5) is 0 Å². The minimum absolute atomic E-state index is 0.0217. The summed E-state index contributed by atoms with van der Waals surface area (Å²) in [6.07, 6.45) is 2.99. The number of carbonyl (C=O) groups excluding carboxylic acids is 1. The van der Waals surface area contributed by atoms with Gasteiger partial charge in [-0.15, -0.1) is 0 Å². The van der Waals surface area contributed by atoms with Crippen LogP contribution >= 0.6 is 11.6 Å². The molecule has 1 fully saturated rings. The molecule has 0 aliphatic heterocycles. The Balaban J connectivity index is 2.76. The van der Waals surface area contributed by atoms with Crippen LogP contribution in [0.15, 0.2) is 4.99 Å². The summed E-state index contributed by atoms with van der Waals surface area (Å²) in [5.74, 6) is 0.362. The maximum Gasteiger partial charge on any atom is 0.235 e. The van der Waals surface area contributed by atoms with Crippen LogP contribution < -0.4 is 4.74 Å². The van der Waals surface area contributed by atoms with E-state index in [0.29, 0.717) is 34.7 Å². The number of phenols is 1. The fourth-order valence-corrected chi connectivity index (χ4v) is 2.58. The molecule has 0 saturated heterocycles. The molecule has 1 aliphatic carbocycles. The van der Waals surface area contributed by atoms with Gasteiger partial charge in [0, 0.05) is 11.1 Å². The first-order valence-corrected chi connectivity index (χ1v) is 6.01. The second-order valence-electron chi connectivity index (χ2n) is 4.56. The molecule has 0 amide bonds. The quantitative estimate of drug-likeness (QED) is 0.676. The summed E-state index contributed by atoms with van der Waals surface area (Å²) in [5.41, 5.74) is 1.34. The molecule has 1 aromatic carbocycles. The number of aromatic hydroxyl groups is 1. The monoisotopic (exact) mass is 267 g/mol. The van der Waals surface area contributed by atoms with E-state index < -0.39 is 5.54 Å². The molecular formula is C13H14ClNO3. The number of phenolic OH excluding ortho intramolecular Hbond substituents is 1. The molecule has 18 heavy (non-hydrogen) atoms. The summed E-state index contributed by atoms with van der Waals surface area (Å²) < 4.78 is 5.18. The minimum Gasteiger partial charge on any atom is -0.504 e. The predicted octanol–water partition coefficient (Wildman–Crippen LogP) is 3.00. The highest BCUT2D eigenvalue weighted by atomic mass is 35.5. The molecule has 0 atom stereocenters. The molecular weight excluding hydrogens is 254 g/mol. The molecule has 0 bridgehead atoms. The molecule has 2 rings (SSSR count). The lowest BCUT2D eigenvalue weighted by Gasteiger charge is -2.20. The molecule has 0 aromatic heterocycles. The van der Waals surface area contributed by atoms with Gasteiger partial charge >= 0.3 is 0 Å². The van der Waals surface area contributed by atoms with Gasteiger partial charge in [-0.05, 0) is 32.3 Å². The van der Waals surface area contributed by atoms with Crippen molar-refractivity contribution >= 4 is 17.7 Å². The maximum atomic E-state index is 10.5. The Kier molecular flexibility index (Phi) is 3.09. The van der Waals surface area contributed by atoms with Crippen molar-refractivity contribution in [2.75, 3.05) is 7.11 Å². The van der Waals surface area contributed by atoms with Crippen LogP contribution in [-0.4, -0.2) is 18.3 Å². The highest BCUT2D eigenvalue weighted by molar-refractivity contribution is 6.32. The van der Waals surface area contributed by atoms with Gasteiger partial charge in [-0.25, -0.2) is 4.79 Å². The highest BCUT2D eigenvalue weighted by Crippen LogP contribution is 2.57. The van der Waals surface area contributed by atoms with Crippen LogP contribution in [0.1, 0.15) is 29.5 Å². The number of hydrogen-bond donors (Lipinski definition) is 1. The number of aliphatic imine (C=N–C) groups is 1. The summed E-state index contributed by atoms with van der Waals surface area (Å²) in [6.45, 7) is 3.59. The van der Waals surface area contributed by atoms with Gasteiger partial charge in [0.15, 0.2) is 11.5 Å². The molecule has 0 heterocycles. The number of rotatable bonds is 3. The van der Waals surface area contributed by atoms with Crippen molar-refractivity contribution in [1.82, 2.24) is 0 Å². The Hall–Kier alpha value is -1.51. The van der Waals surface area contributed by atoms with Gasteiger partial charge in [-0.1, -0.05) is 11.6 Å². The van der Waals surface area contributed by atoms with E-state index in [4.69, 9.17) is 16.3 Å². The molecule has 4 nitrogen and oxygen atoms in total. The van der Waals surface area contributed by atoms with E-state index in [1.54, 1.807) is 13.0 Å². The number of nitrogens with zero attached hydrogens (tertiary/aromatic N) is 1. The first-order chi connectivity index (χ1) is 8.48. The summed E-state index contributed by atoms with van der Waals surface area (Å²) >= 11 is 6.24. The Morgan fingerprint density at radius 2 is 2.00 bits per heavy atom. The van der Waals surface area contributed by atoms with E-state index in [0.717, 1.165) is 5.56 Å². The minimum atomic E-state index is -0.666. The van der Waals surface area contributed by atoms with Crippen molar-refractivity contribution in [3.05, 3.63) is 21.7 Å². The zero-order valence-corrected chi connectivity index (χ0v) is 11.3. The van der Waals surface area contributed by atoms with E-state index >= 15 is 0 Å².